The van der Waals surface area contributed by atoms with Crippen molar-refractivity contribution in [2.24, 2.45) is 11.8 Å². The molecule has 4 rings (SSSR count). The first-order valence-electron chi connectivity index (χ1n) is 10.3. The number of aliphatic hydroxyl groups excluding tert-OH is 1. The number of hydrogen-bond acceptors (Lipinski definition) is 5. The summed E-state index contributed by atoms with van der Waals surface area (Å²) >= 11 is 0. The Kier molecular flexibility index (Phi) is 5.35. The summed E-state index contributed by atoms with van der Waals surface area (Å²) in [6.45, 7) is 7.65. The first kappa shape index (κ1) is 18.9. The van der Waals surface area contributed by atoms with Crippen molar-refractivity contribution in [2.45, 2.75) is 38.8 Å². The highest BCUT2D eigenvalue weighted by molar-refractivity contribution is 5.94. The largest absolute Gasteiger partial charge is 0.391 e. The smallest absolute Gasteiger partial charge is 0.253 e. The molecular formula is C21H29N5O2. The number of fused-ring (bicyclic) bond motifs is 1. The van der Waals surface area contributed by atoms with Gasteiger partial charge in [0.25, 0.3) is 5.91 Å². The van der Waals surface area contributed by atoms with E-state index in [9.17, 15) is 9.90 Å². The molecule has 1 N–H and O–H groups in total. The average Bonchev–Trinajstić information content (AvgIpc) is 3.38. The molecule has 7 nitrogen and oxygen atoms in total. The Morgan fingerprint density at radius 2 is 1.82 bits per heavy atom. The van der Waals surface area contributed by atoms with Crippen molar-refractivity contribution >= 4 is 11.6 Å². The molecule has 2 heterocycles. The minimum atomic E-state index is -0.439. The lowest BCUT2D eigenvalue weighted by atomic mass is 9.77. The third-order valence-corrected chi connectivity index (χ3v) is 6.42. The van der Waals surface area contributed by atoms with E-state index in [0.29, 0.717) is 18.3 Å². The maximum absolute atomic E-state index is 13.0. The van der Waals surface area contributed by atoms with Crippen LogP contribution in [-0.2, 0) is 0 Å². The summed E-state index contributed by atoms with van der Waals surface area (Å²) in [5.41, 5.74) is 1.89. The zero-order chi connectivity index (χ0) is 19.7. The quantitative estimate of drug-likeness (QED) is 0.857. The van der Waals surface area contributed by atoms with Crippen LogP contribution in [-0.4, -0.2) is 63.0 Å². The van der Waals surface area contributed by atoms with Gasteiger partial charge >= 0.3 is 0 Å². The molecule has 1 aliphatic carbocycles. The van der Waals surface area contributed by atoms with Crippen molar-refractivity contribution in [3.8, 4) is 0 Å². The van der Waals surface area contributed by atoms with E-state index in [-0.39, 0.29) is 11.9 Å². The molecule has 7 heteroatoms. The number of amides is 1. The fraction of sp³-hybridized carbons (Fsp3) is 0.571. The Morgan fingerprint density at radius 3 is 2.43 bits per heavy atom. The van der Waals surface area contributed by atoms with Gasteiger partial charge in [0, 0.05) is 37.4 Å². The maximum atomic E-state index is 13.0. The molecule has 150 valence electrons. The van der Waals surface area contributed by atoms with Crippen LogP contribution in [0.2, 0.25) is 0 Å². The Morgan fingerprint density at radius 1 is 1.14 bits per heavy atom. The molecule has 1 aromatic heterocycles. The Balaban J connectivity index is 1.43. The van der Waals surface area contributed by atoms with Crippen LogP contribution in [0.5, 0.6) is 0 Å². The van der Waals surface area contributed by atoms with Gasteiger partial charge in [-0.25, -0.2) is 9.67 Å². The minimum absolute atomic E-state index is 0.0489. The van der Waals surface area contributed by atoms with E-state index in [0.717, 1.165) is 43.9 Å². The lowest BCUT2D eigenvalue weighted by Gasteiger charge is -2.34. The highest BCUT2D eigenvalue weighted by atomic mass is 16.3. The monoisotopic (exact) mass is 383 g/mol. The van der Waals surface area contributed by atoms with Crippen molar-refractivity contribution < 1.29 is 9.90 Å². The SMILES string of the molecule is CCN(CC)c1ccc(C(=O)N2C[C@H]3C[C@@H](n4cncn4)[C@H](O)C[C@H]3C2)cc1. The van der Waals surface area contributed by atoms with Crippen LogP contribution in [0.25, 0.3) is 0 Å². The van der Waals surface area contributed by atoms with Gasteiger partial charge in [-0.05, 0) is 62.8 Å². The minimum Gasteiger partial charge on any atom is -0.391 e. The maximum Gasteiger partial charge on any atom is 0.253 e. The molecule has 0 radical (unpaired) electrons. The summed E-state index contributed by atoms with van der Waals surface area (Å²) in [5, 5.41) is 14.8. The first-order valence-corrected chi connectivity index (χ1v) is 10.3. The van der Waals surface area contributed by atoms with Gasteiger partial charge in [-0.3, -0.25) is 4.79 Å². The molecule has 0 spiro atoms. The second-order valence-electron chi connectivity index (χ2n) is 7.93. The van der Waals surface area contributed by atoms with Gasteiger partial charge in [0.05, 0.1) is 12.1 Å². The van der Waals surface area contributed by atoms with E-state index < -0.39 is 6.10 Å². The number of nitrogens with zero attached hydrogens (tertiary/aromatic N) is 5. The van der Waals surface area contributed by atoms with E-state index in [1.165, 1.54) is 6.33 Å². The van der Waals surface area contributed by atoms with E-state index in [1.54, 1.807) is 11.0 Å². The van der Waals surface area contributed by atoms with E-state index >= 15 is 0 Å². The molecular weight excluding hydrogens is 354 g/mol. The fourth-order valence-corrected chi connectivity index (χ4v) is 4.83. The number of carbonyl (C=O) groups excluding carboxylic acids is 1. The summed E-state index contributed by atoms with van der Waals surface area (Å²) in [6, 6.07) is 7.89. The predicted octanol–water partition coefficient (Wildman–Crippen LogP) is 2.21. The lowest BCUT2D eigenvalue weighted by molar-refractivity contribution is 0.0304. The van der Waals surface area contributed by atoms with Crippen LogP contribution in [0.4, 0.5) is 5.69 Å². The molecule has 0 unspecified atom stereocenters. The van der Waals surface area contributed by atoms with Gasteiger partial charge in [0.15, 0.2) is 0 Å². The Bertz CT molecular complexity index is 788. The van der Waals surface area contributed by atoms with Gasteiger partial charge in [-0.1, -0.05) is 0 Å². The standard InChI is InChI=1S/C21H29N5O2/c1-3-24(4-2)18-7-5-15(6-8-18)21(28)25-11-16-9-19(26-14-22-13-23-26)20(27)10-17(16)12-25/h5-8,13-14,16-17,19-20,27H,3-4,9-12H2,1-2H3/t16-,17+,19-,20-/m1/s1. The topological polar surface area (TPSA) is 74.5 Å². The van der Waals surface area contributed by atoms with Crippen LogP contribution in [0.1, 0.15) is 43.1 Å². The number of benzene rings is 1. The van der Waals surface area contributed by atoms with E-state index in [1.807, 2.05) is 29.2 Å². The van der Waals surface area contributed by atoms with Gasteiger partial charge in [-0.15, -0.1) is 0 Å². The number of hydrogen-bond donors (Lipinski definition) is 1. The Hall–Kier alpha value is -2.41. The summed E-state index contributed by atoms with van der Waals surface area (Å²) < 4.78 is 1.76. The second kappa shape index (κ2) is 7.91. The van der Waals surface area contributed by atoms with Crippen LogP contribution in [0, 0.1) is 11.8 Å². The van der Waals surface area contributed by atoms with Gasteiger partial charge < -0.3 is 14.9 Å². The number of aliphatic hydroxyl groups is 1. The third kappa shape index (κ3) is 3.51. The highest BCUT2D eigenvalue weighted by Crippen LogP contribution is 2.41. The molecule has 28 heavy (non-hydrogen) atoms. The number of carbonyl (C=O) groups is 1. The van der Waals surface area contributed by atoms with Crippen molar-refractivity contribution in [1.29, 1.82) is 0 Å². The second-order valence-corrected chi connectivity index (χ2v) is 7.93. The molecule has 1 saturated heterocycles. The molecule has 1 aliphatic heterocycles. The molecule has 1 amide bonds. The van der Waals surface area contributed by atoms with Gasteiger partial charge in [0.2, 0.25) is 0 Å². The van der Waals surface area contributed by atoms with Crippen molar-refractivity contribution in [3.63, 3.8) is 0 Å². The van der Waals surface area contributed by atoms with Crippen molar-refractivity contribution in [2.75, 3.05) is 31.1 Å². The van der Waals surface area contributed by atoms with Crippen LogP contribution < -0.4 is 4.90 Å². The lowest BCUT2D eigenvalue weighted by Crippen LogP contribution is -2.36. The molecule has 1 aromatic carbocycles. The first-order chi connectivity index (χ1) is 13.6. The molecule has 2 aliphatic rings. The molecule has 1 saturated carbocycles. The van der Waals surface area contributed by atoms with Crippen molar-refractivity contribution in [1.82, 2.24) is 19.7 Å². The zero-order valence-electron chi connectivity index (χ0n) is 16.6. The summed E-state index contributed by atoms with van der Waals surface area (Å²) in [7, 11) is 0. The highest BCUT2D eigenvalue weighted by Gasteiger charge is 2.43. The molecule has 2 aromatic rings. The summed E-state index contributed by atoms with van der Waals surface area (Å²) in [4.78, 5) is 21.3. The third-order valence-electron chi connectivity index (χ3n) is 6.42. The van der Waals surface area contributed by atoms with E-state index in [2.05, 4.69) is 28.8 Å². The average molecular weight is 383 g/mol. The fourth-order valence-electron chi connectivity index (χ4n) is 4.83. The predicted molar refractivity (Wildman–Crippen MR) is 107 cm³/mol. The summed E-state index contributed by atoms with van der Waals surface area (Å²) in [5.74, 6) is 0.845. The molecule has 2 fully saturated rings. The molecule has 0 bridgehead atoms. The van der Waals surface area contributed by atoms with Crippen LogP contribution in [0.15, 0.2) is 36.9 Å². The van der Waals surface area contributed by atoms with E-state index in [4.69, 9.17) is 0 Å². The normalized spacial score (nSPS) is 26.9. The van der Waals surface area contributed by atoms with Gasteiger partial charge in [-0.2, -0.15) is 5.10 Å². The number of likely N-dealkylation sites (tertiary alicyclic amines) is 1. The molecule has 4 atom stereocenters. The number of anilines is 1. The van der Waals surface area contributed by atoms with Crippen LogP contribution in [0.3, 0.4) is 0 Å². The summed E-state index contributed by atoms with van der Waals surface area (Å²) in [6.07, 6.45) is 4.28. The number of aromatic nitrogens is 3. The van der Waals surface area contributed by atoms with Crippen molar-refractivity contribution in [3.05, 3.63) is 42.5 Å². The van der Waals surface area contributed by atoms with Gasteiger partial charge in [0.1, 0.15) is 12.7 Å². The zero-order valence-corrected chi connectivity index (χ0v) is 16.6. The van der Waals surface area contributed by atoms with Crippen LogP contribution >= 0.6 is 0 Å². The Labute approximate surface area is 166 Å². The number of rotatable bonds is 5.